The first-order valence-corrected chi connectivity index (χ1v) is 10.5. The molecule has 1 heterocycles. The number of hydrogen-bond donors (Lipinski definition) is 1. The largest absolute Gasteiger partial charge is 0.325 e. The number of nitrogens with one attached hydrogen (secondary N) is 1. The molecule has 1 saturated carbocycles. The fourth-order valence-electron chi connectivity index (χ4n) is 2.44. The third-order valence-corrected chi connectivity index (χ3v) is 6.04. The minimum absolute atomic E-state index is 0.0164. The zero-order valence-corrected chi connectivity index (χ0v) is 16.7. The van der Waals surface area contributed by atoms with E-state index in [-0.39, 0.29) is 29.4 Å². The predicted octanol–water partition coefficient (Wildman–Crippen LogP) is 3.38. The highest BCUT2D eigenvalue weighted by Gasteiger charge is 2.35. The van der Waals surface area contributed by atoms with E-state index in [2.05, 4.69) is 15.5 Å². The van der Waals surface area contributed by atoms with E-state index in [0.717, 1.165) is 12.8 Å². The van der Waals surface area contributed by atoms with Crippen LogP contribution < -0.4 is 10.2 Å². The van der Waals surface area contributed by atoms with Crippen molar-refractivity contribution in [1.82, 2.24) is 10.2 Å². The van der Waals surface area contributed by atoms with E-state index in [1.807, 2.05) is 6.92 Å². The van der Waals surface area contributed by atoms with Crippen molar-refractivity contribution in [3.05, 3.63) is 29.8 Å². The maximum Gasteiger partial charge on any atom is 0.234 e. The lowest BCUT2D eigenvalue weighted by Gasteiger charge is -2.17. The van der Waals surface area contributed by atoms with E-state index in [4.69, 9.17) is 0 Å². The van der Waals surface area contributed by atoms with Crippen molar-refractivity contribution in [3.63, 3.8) is 0 Å². The molecule has 0 radical (unpaired) electrons. The van der Waals surface area contributed by atoms with Crippen LogP contribution in [0.2, 0.25) is 0 Å². The summed E-state index contributed by atoms with van der Waals surface area (Å²) in [5.74, 6) is 0.0547. The lowest BCUT2D eigenvalue weighted by atomic mass is 10.1. The number of amides is 2. The molecule has 2 amide bonds. The van der Waals surface area contributed by atoms with Gasteiger partial charge in [0.2, 0.25) is 16.9 Å². The van der Waals surface area contributed by atoms with Gasteiger partial charge in [0.05, 0.1) is 5.75 Å². The second kappa shape index (κ2) is 8.62. The molecule has 142 valence electrons. The van der Waals surface area contributed by atoms with Crippen LogP contribution in [0.1, 0.15) is 43.5 Å². The number of anilines is 2. The standard InChI is InChI=1S/C18H20N4O3S2/c1-3-16(25)22(14-8-9-14)17-20-21-18(27-17)26-10-15(24)19-13-6-4-12(5-7-13)11(2)23/h4-7,14H,3,8-10H2,1-2H3,(H,19,24). The molecule has 0 aliphatic heterocycles. The minimum atomic E-state index is -0.170. The number of benzene rings is 1. The van der Waals surface area contributed by atoms with Crippen LogP contribution in [-0.2, 0) is 9.59 Å². The van der Waals surface area contributed by atoms with Crippen LogP contribution in [0.15, 0.2) is 28.6 Å². The Morgan fingerprint density at radius 3 is 2.52 bits per heavy atom. The van der Waals surface area contributed by atoms with Crippen molar-refractivity contribution >= 4 is 51.5 Å². The highest BCUT2D eigenvalue weighted by atomic mass is 32.2. The van der Waals surface area contributed by atoms with Gasteiger partial charge in [-0.25, -0.2) is 0 Å². The van der Waals surface area contributed by atoms with Crippen molar-refractivity contribution in [1.29, 1.82) is 0 Å². The Kier molecular flexibility index (Phi) is 6.22. The quantitative estimate of drug-likeness (QED) is 0.412. The lowest BCUT2D eigenvalue weighted by molar-refractivity contribution is -0.118. The highest BCUT2D eigenvalue weighted by molar-refractivity contribution is 8.01. The molecule has 0 unspecified atom stereocenters. The van der Waals surface area contributed by atoms with Crippen LogP contribution in [0.4, 0.5) is 10.8 Å². The molecule has 0 bridgehead atoms. The number of carbonyl (C=O) groups is 3. The summed E-state index contributed by atoms with van der Waals surface area (Å²) in [7, 11) is 0. The summed E-state index contributed by atoms with van der Waals surface area (Å²) < 4.78 is 0.654. The Morgan fingerprint density at radius 2 is 1.93 bits per heavy atom. The molecule has 7 nitrogen and oxygen atoms in total. The molecule has 0 spiro atoms. The molecule has 0 atom stereocenters. The summed E-state index contributed by atoms with van der Waals surface area (Å²) in [6, 6.07) is 7.00. The van der Waals surface area contributed by atoms with Gasteiger partial charge in [0.1, 0.15) is 0 Å². The van der Waals surface area contributed by atoms with E-state index in [1.165, 1.54) is 30.0 Å². The molecule has 9 heteroatoms. The molecule has 1 aromatic carbocycles. The lowest BCUT2D eigenvalue weighted by Crippen LogP contribution is -2.32. The Morgan fingerprint density at radius 1 is 1.22 bits per heavy atom. The summed E-state index contributed by atoms with van der Waals surface area (Å²) in [5.41, 5.74) is 1.24. The summed E-state index contributed by atoms with van der Waals surface area (Å²) in [5, 5.41) is 11.6. The van der Waals surface area contributed by atoms with Crippen LogP contribution in [0, 0.1) is 0 Å². The molecule has 1 aliphatic rings. The Balaban J connectivity index is 1.54. The van der Waals surface area contributed by atoms with Gasteiger partial charge in [-0.15, -0.1) is 10.2 Å². The van der Waals surface area contributed by atoms with E-state index < -0.39 is 0 Å². The minimum Gasteiger partial charge on any atom is -0.325 e. The van der Waals surface area contributed by atoms with Gasteiger partial charge in [0.15, 0.2) is 10.1 Å². The van der Waals surface area contributed by atoms with E-state index in [1.54, 1.807) is 29.2 Å². The van der Waals surface area contributed by atoms with Gasteiger partial charge >= 0.3 is 0 Å². The predicted molar refractivity (Wildman–Crippen MR) is 107 cm³/mol. The van der Waals surface area contributed by atoms with Crippen LogP contribution >= 0.6 is 23.1 Å². The molecule has 1 aliphatic carbocycles. The Bertz CT molecular complexity index is 847. The molecule has 1 fully saturated rings. The second-order valence-electron chi connectivity index (χ2n) is 6.17. The monoisotopic (exact) mass is 404 g/mol. The molecule has 0 saturated heterocycles. The number of Topliss-reactive ketones (excluding diaryl/α,β-unsaturated/α-hetero) is 1. The van der Waals surface area contributed by atoms with Crippen LogP contribution in [0.25, 0.3) is 0 Å². The smallest absolute Gasteiger partial charge is 0.234 e. The van der Waals surface area contributed by atoms with Gasteiger partial charge in [-0.05, 0) is 44.0 Å². The second-order valence-corrected chi connectivity index (χ2v) is 8.35. The van der Waals surface area contributed by atoms with Gasteiger partial charge < -0.3 is 5.32 Å². The maximum atomic E-state index is 12.1. The fourth-order valence-corrected chi connectivity index (χ4v) is 4.17. The Hall–Kier alpha value is -2.26. The molecule has 3 rings (SSSR count). The number of thioether (sulfide) groups is 1. The SMILES string of the molecule is CCC(=O)N(c1nnc(SCC(=O)Nc2ccc(C(C)=O)cc2)s1)C1CC1. The van der Waals surface area contributed by atoms with Gasteiger partial charge in [0.25, 0.3) is 0 Å². The molecule has 1 aromatic heterocycles. The maximum absolute atomic E-state index is 12.1. The van der Waals surface area contributed by atoms with E-state index in [9.17, 15) is 14.4 Å². The number of ketones is 1. The molecular weight excluding hydrogens is 384 g/mol. The first kappa shape index (κ1) is 19.5. The summed E-state index contributed by atoms with van der Waals surface area (Å²) in [6.45, 7) is 3.33. The number of nitrogens with zero attached hydrogens (tertiary/aromatic N) is 3. The van der Waals surface area contributed by atoms with Crippen molar-refractivity contribution in [3.8, 4) is 0 Å². The van der Waals surface area contributed by atoms with Gasteiger partial charge in [-0.2, -0.15) is 0 Å². The summed E-state index contributed by atoms with van der Waals surface area (Å²) in [6.07, 6.45) is 2.43. The van der Waals surface area contributed by atoms with E-state index in [0.29, 0.717) is 27.1 Å². The first-order chi connectivity index (χ1) is 13.0. The third-order valence-electron chi connectivity index (χ3n) is 3.99. The van der Waals surface area contributed by atoms with Crippen LogP contribution in [-0.4, -0.2) is 39.6 Å². The van der Waals surface area contributed by atoms with E-state index >= 15 is 0 Å². The highest BCUT2D eigenvalue weighted by Crippen LogP contribution is 2.36. The van der Waals surface area contributed by atoms with Gasteiger partial charge in [-0.1, -0.05) is 30.0 Å². The first-order valence-electron chi connectivity index (χ1n) is 8.67. The van der Waals surface area contributed by atoms with Crippen molar-refractivity contribution < 1.29 is 14.4 Å². The summed E-state index contributed by atoms with van der Waals surface area (Å²) >= 11 is 2.62. The van der Waals surface area contributed by atoms with Crippen molar-refractivity contribution in [2.75, 3.05) is 16.0 Å². The number of aromatic nitrogens is 2. The molecule has 1 N–H and O–H groups in total. The number of hydrogen-bond acceptors (Lipinski definition) is 7. The van der Waals surface area contributed by atoms with Crippen LogP contribution in [0.3, 0.4) is 0 Å². The summed E-state index contributed by atoms with van der Waals surface area (Å²) in [4.78, 5) is 37.2. The topological polar surface area (TPSA) is 92.3 Å². The van der Waals surface area contributed by atoms with Gasteiger partial charge in [0, 0.05) is 23.7 Å². The zero-order valence-electron chi connectivity index (χ0n) is 15.1. The third kappa shape index (κ3) is 5.14. The zero-order chi connectivity index (χ0) is 19.4. The van der Waals surface area contributed by atoms with Gasteiger partial charge in [-0.3, -0.25) is 19.3 Å². The molecular formula is C18H20N4O3S2. The average Bonchev–Trinajstić information content (AvgIpc) is 3.38. The van der Waals surface area contributed by atoms with Crippen molar-refractivity contribution in [2.45, 2.75) is 43.5 Å². The Labute approximate surface area is 165 Å². The van der Waals surface area contributed by atoms with Crippen LogP contribution in [0.5, 0.6) is 0 Å². The normalized spacial score (nSPS) is 13.3. The molecule has 27 heavy (non-hydrogen) atoms. The average molecular weight is 405 g/mol. The number of carbonyl (C=O) groups excluding carboxylic acids is 3. The fraction of sp³-hybridized carbons (Fsp3) is 0.389. The van der Waals surface area contributed by atoms with Crippen molar-refractivity contribution in [2.24, 2.45) is 0 Å². The number of rotatable bonds is 8. The molecule has 2 aromatic rings.